The Kier molecular flexibility index (Phi) is 3.45. The predicted molar refractivity (Wildman–Crippen MR) is 85.5 cm³/mol. The molecular weight excluding hydrogens is 276 g/mol. The number of hydrazine groups is 1. The number of amides is 2. The summed E-state index contributed by atoms with van der Waals surface area (Å²) in [5, 5.41) is 2.93. The van der Waals surface area contributed by atoms with Gasteiger partial charge in [0.15, 0.2) is 0 Å². The highest BCUT2D eigenvalue weighted by Crippen LogP contribution is 2.54. The van der Waals surface area contributed by atoms with Crippen molar-refractivity contribution >= 4 is 17.5 Å². The Morgan fingerprint density at radius 1 is 1.18 bits per heavy atom. The zero-order chi connectivity index (χ0) is 15.7. The Balaban J connectivity index is 2.10. The summed E-state index contributed by atoms with van der Waals surface area (Å²) in [6, 6.07) is 9.25. The van der Waals surface area contributed by atoms with E-state index in [-0.39, 0.29) is 11.8 Å². The molecular formula is C18H18N2O2. The van der Waals surface area contributed by atoms with Crippen molar-refractivity contribution in [1.82, 2.24) is 5.01 Å². The van der Waals surface area contributed by atoms with Crippen LogP contribution < -0.4 is 5.01 Å². The number of rotatable bonds is 4. The van der Waals surface area contributed by atoms with Gasteiger partial charge < -0.3 is 0 Å². The lowest BCUT2D eigenvalue weighted by Gasteiger charge is -2.28. The third kappa shape index (κ3) is 1.99. The average molecular weight is 294 g/mol. The maximum Gasteiger partial charge on any atom is 0.261 e. The number of nitrogens with zero attached hydrogens (tertiary/aromatic N) is 2. The number of hydrogen-bond donors (Lipinski definition) is 0. The molecule has 1 saturated heterocycles. The molecule has 2 fully saturated rings. The molecule has 0 bridgehead atoms. The van der Waals surface area contributed by atoms with Gasteiger partial charge in [0.1, 0.15) is 5.41 Å². The molecule has 4 nitrogen and oxygen atoms in total. The second-order valence-corrected chi connectivity index (χ2v) is 5.47. The fourth-order valence-electron chi connectivity index (χ4n) is 2.69. The maximum atomic E-state index is 12.8. The Morgan fingerprint density at radius 3 is 2.41 bits per heavy atom. The van der Waals surface area contributed by atoms with Crippen molar-refractivity contribution in [2.24, 2.45) is 5.41 Å². The minimum Gasteiger partial charge on any atom is -0.271 e. The third-order valence-corrected chi connectivity index (χ3v) is 4.07. The molecule has 1 aliphatic heterocycles. The van der Waals surface area contributed by atoms with E-state index in [2.05, 4.69) is 6.58 Å². The first-order chi connectivity index (χ1) is 10.7. The lowest BCUT2D eigenvalue weighted by atomic mass is 10.1. The molecule has 22 heavy (non-hydrogen) atoms. The zero-order valence-electron chi connectivity index (χ0n) is 12.5. The predicted octanol–water partition coefficient (Wildman–Crippen LogP) is 3.20. The molecule has 1 spiro atoms. The molecule has 3 rings (SSSR count). The van der Waals surface area contributed by atoms with Crippen molar-refractivity contribution in [2.75, 3.05) is 5.01 Å². The minimum absolute atomic E-state index is 0.142. The van der Waals surface area contributed by atoms with E-state index in [1.807, 2.05) is 49.4 Å². The number of carbonyl (C=O) groups is 2. The molecule has 112 valence electrons. The Bertz CT molecular complexity index is 684. The van der Waals surface area contributed by atoms with Gasteiger partial charge in [-0.25, -0.2) is 10.0 Å². The summed E-state index contributed by atoms with van der Waals surface area (Å²) in [4.78, 5) is 25.6. The molecule has 1 aromatic carbocycles. The highest BCUT2D eigenvalue weighted by molar-refractivity contribution is 6.20. The lowest BCUT2D eigenvalue weighted by Crippen LogP contribution is -2.39. The standard InChI is InChI=1S/C18H18N2O2/c1-3-5-9-14(4-2)19-16(21)18(12-13-18)17(22)20(19)15-10-7-6-8-11-15/h3-11H,2,12-13H2,1H3/b5-3-,14-9+. The fourth-order valence-corrected chi connectivity index (χ4v) is 2.69. The summed E-state index contributed by atoms with van der Waals surface area (Å²) in [6.45, 7) is 5.67. The van der Waals surface area contributed by atoms with Gasteiger partial charge in [-0.15, -0.1) is 0 Å². The second kappa shape index (κ2) is 5.30. The van der Waals surface area contributed by atoms with Gasteiger partial charge in [0.2, 0.25) is 0 Å². The highest BCUT2D eigenvalue weighted by Gasteiger charge is 2.66. The quantitative estimate of drug-likeness (QED) is 0.632. The van der Waals surface area contributed by atoms with Gasteiger partial charge in [-0.3, -0.25) is 9.59 Å². The van der Waals surface area contributed by atoms with Crippen LogP contribution in [0.25, 0.3) is 0 Å². The molecule has 1 heterocycles. The van der Waals surface area contributed by atoms with Crippen LogP contribution >= 0.6 is 0 Å². The summed E-state index contributed by atoms with van der Waals surface area (Å²) in [6.07, 6.45) is 8.33. The smallest absolute Gasteiger partial charge is 0.261 e. The number of carbonyl (C=O) groups excluding carboxylic acids is 2. The number of hydrogen-bond acceptors (Lipinski definition) is 2. The molecule has 2 aliphatic rings. The van der Waals surface area contributed by atoms with Crippen molar-refractivity contribution in [1.29, 1.82) is 0 Å². The average Bonchev–Trinajstić information content (AvgIpc) is 3.32. The van der Waals surface area contributed by atoms with Gasteiger partial charge in [-0.05, 0) is 44.1 Å². The van der Waals surface area contributed by atoms with Crippen molar-refractivity contribution in [3.63, 3.8) is 0 Å². The van der Waals surface area contributed by atoms with Gasteiger partial charge in [-0.2, -0.15) is 0 Å². The van der Waals surface area contributed by atoms with Crippen molar-refractivity contribution in [3.8, 4) is 0 Å². The van der Waals surface area contributed by atoms with Crippen molar-refractivity contribution < 1.29 is 9.59 Å². The first-order valence-corrected chi connectivity index (χ1v) is 7.35. The molecule has 0 N–H and O–H groups in total. The first kappa shape index (κ1) is 14.3. The molecule has 1 aromatic rings. The van der Waals surface area contributed by atoms with E-state index >= 15 is 0 Å². The Hall–Kier alpha value is -2.62. The largest absolute Gasteiger partial charge is 0.271 e. The molecule has 4 heteroatoms. The highest BCUT2D eigenvalue weighted by atomic mass is 16.2. The van der Waals surface area contributed by atoms with Crippen LogP contribution in [0.5, 0.6) is 0 Å². The fraction of sp³-hybridized carbons (Fsp3) is 0.222. The van der Waals surface area contributed by atoms with E-state index in [9.17, 15) is 9.59 Å². The van der Waals surface area contributed by atoms with Crippen LogP contribution in [-0.4, -0.2) is 16.8 Å². The van der Waals surface area contributed by atoms with Gasteiger partial charge in [0.25, 0.3) is 11.8 Å². The van der Waals surface area contributed by atoms with Crippen LogP contribution in [-0.2, 0) is 9.59 Å². The Morgan fingerprint density at radius 2 is 1.86 bits per heavy atom. The molecule has 0 radical (unpaired) electrons. The summed E-state index contributed by atoms with van der Waals surface area (Å²) < 4.78 is 0. The van der Waals surface area contributed by atoms with Crippen LogP contribution in [0.1, 0.15) is 19.8 Å². The van der Waals surface area contributed by atoms with Gasteiger partial charge in [-0.1, -0.05) is 36.9 Å². The first-order valence-electron chi connectivity index (χ1n) is 7.35. The second-order valence-electron chi connectivity index (χ2n) is 5.47. The minimum atomic E-state index is -0.853. The molecule has 0 atom stereocenters. The van der Waals surface area contributed by atoms with Crippen LogP contribution in [0.3, 0.4) is 0 Å². The SMILES string of the molecule is C=C/C(=C\C=C/C)N1C(=O)C2(CC2)C(=O)N1c1ccccc1. The number of benzene rings is 1. The van der Waals surface area contributed by atoms with Crippen LogP contribution in [0.2, 0.25) is 0 Å². The Labute approximate surface area is 130 Å². The van der Waals surface area contributed by atoms with E-state index in [0.29, 0.717) is 24.2 Å². The summed E-state index contributed by atoms with van der Waals surface area (Å²) >= 11 is 0. The molecule has 2 amide bonds. The van der Waals surface area contributed by atoms with E-state index in [1.54, 1.807) is 12.2 Å². The molecule has 0 unspecified atom stereocenters. The van der Waals surface area contributed by atoms with Gasteiger partial charge >= 0.3 is 0 Å². The number of anilines is 1. The summed E-state index contributed by atoms with van der Waals surface area (Å²) in [5.74, 6) is -0.297. The topological polar surface area (TPSA) is 40.6 Å². The van der Waals surface area contributed by atoms with E-state index in [4.69, 9.17) is 0 Å². The maximum absolute atomic E-state index is 12.8. The van der Waals surface area contributed by atoms with E-state index < -0.39 is 5.41 Å². The van der Waals surface area contributed by atoms with Crippen molar-refractivity contribution in [3.05, 3.63) is 66.9 Å². The van der Waals surface area contributed by atoms with Crippen molar-refractivity contribution in [2.45, 2.75) is 19.8 Å². The molecule has 1 aliphatic carbocycles. The molecule has 0 aromatic heterocycles. The van der Waals surface area contributed by atoms with Crippen LogP contribution in [0, 0.1) is 5.41 Å². The van der Waals surface area contributed by atoms with Gasteiger partial charge in [0, 0.05) is 0 Å². The normalized spacial score (nSPS) is 20.3. The number of para-hydroxylation sites is 1. The van der Waals surface area contributed by atoms with Gasteiger partial charge in [0.05, 0.1) is 11.4 Å². The van der Waals surface area contributed by atoms with E-state index in [1.165, 1.54) is 10.0 Å². The lowest BCUT2D eigenvalue weighted by molar-refractivity contribution is -0.132. The third-order valence-electron chi connectivity index (χ3n) is 4.07. The number of allylic oxidation sites excluding steroid dienone is 4. The summed E-state index contributed by atoms with van der Waals surface area (Å²) in [5.41, 5.74) is 0.440. The van der Waals surface area contributed by atoms with Crippen LogP contribution in [0.4, 0.5) is 5.69 Å². The van der Waals surface area contributed by atoms with Crippen LogP contribution in [0.15, 0.2) is 66.9 Å². The zero-order valence-corrected chi connectivity index (χ0v) is 12.5. The monoisotopic (exact) mass is 294 g/mol. The summed E-state index contributed by atoms with van der Waals surface area (Å²) in [7, 11) is 0. The molecule has 1 saturated carbocycles. The van der Waals surface area contributed by atoms with E-state index in [0.717, 1.165) is 0 Å².